The van der Waals surface area contributed by atoms with Gasteiger partial charge in [-0.05, 0) is 54.5 Å². The van der Waals surface area contributed by atoms with E-state index in [0.29, 0.717) is 13.0 Å². The first-order chi connectivity index (χ1) is 8.58. The van der Waals surface area contributed by atoms with E-state index in [4.69, 9.17) is 10.5 Å². The van der Waals surface area contributed by atoms with Crippen LogP contribution in [0.15, 0.2) is 22.7 Å². The van der Waals surface area contributed by atoms with Crippen molar-refractivity contribution in [1.82, 2.24) is 0 Å². The highest BCUT2D eigenvalue weighted by Crippen LogP contribution is 2.38. The monoisotopic (exact) mass is 311 g/mol. The zero-order chi connectivity index (χ0) is 13.2. The van der Waals surface area contributed by atoms with Crippen molar-refractivity contribution < 1.29 is 9.53 Å². The van der Waals surface area contributed by atoms with Gasteiger partial charge in [0.25, 0.3) is 0 Å². The number of ether oxygens (including phenoxy) is 1. The first-order valence-corrected chi connectivity index (χ1v) is 6.92. The normalized spacial score (nSPS) is 22.4. The zero-order valence-corrected chi connectivity index (χ0v) is 12.1. The Bertz CT molecular complexity index is 461. The molecule has 1 aromatic carbocycles. The van der Waals surface area contributed by atoms with Crippen LogP contribution in [0.1, 0.15) is 24.0 Å². The van der Waals surface area contributed by atoms with Gasteiger partial charge in [-0.25, -0.2) is 0 Å². The molecule has 0 saturated carbocycles. The van der Waals surface area contributed by atoms with Gasteiger partial charge < -0.3 is 10.5 Å². The molecule has 0 aliphatic heterocycles. The number of esters is 1. The maximum atomic E-state index is 11.5. The van der Waals surface area contributed by atoms with E-state index in [-0.39, 0.29) is 11.4 Å². The second kappa shape index (κ2) is 5.41. The van der Waals surface area contributed by atoms with Crippen molar-refractivity contribution in [2.24, 2.45) is 11.1 Å². The first kappa shape index (κ1) is 13.6. The lowest BCUT2D eigenvalue weighted by molar-refractivity contribution is -0.143. The van der Waals surface area contributed by atoms with Crippen LogP contribution in [0.4, 0.5) is 0 Å². The molecule has 0 aromatic heterocycles. The summed E-state index contributed by atoms with van der Waals surface area (Å²) in [6.07, 6.45) is 3.20. The lowest BCUT2D eigenvalue weighted by Gasteiger charge is -2.36. The molecule has 4 heteroatoms. The number of carbonyl (C=O) groups excluding carboxylic acids is 1. The molecule has 0 fully saturated rings. The maximum Gasteiger partial charge on any atom is 0.306 e. The minimum Gasteiger partial charge on any atom is -0.469 e. The second-order valence-electron chi connectivity index (χ2n) is 5.05. The number of methoxy groups -OCH3 is 1. The van der Waals surface area contributed by atoms with Crippen LogP contribution in [0.5, 0.6) is 0 Å². The van der Waals surface area contributed by atoms with Crippen LogP contribution < -0.4 is 5.73 Å². The van der Waals surface area contributed by atoms with E-state index < -0.39 is 0 Å². The lowest BCUT2D eigenvalue weighted by Crippen LogP contribution is -2.38. The molecule has 98 valence electrons. The molecular formula is C14H18BrNO2. The van der Waals surface area contributed by atoms with E-state index in [9.17, 15) is 4.79 Å². The third kappa shape index (κ3) is 2.75. The number of rotatable bonds is 3. The smallest absolute Gasteiger partial charge is 0.306 e. The topological polar surface area (TPSA) is 52.3 Å². The van der Waals surface area contributed by atoms with Crippen LogP contribution in [0, 0.1) is 5.41 Å². The Kier molecular flexibility index (Phi) is 4.07. The van der Waals surface area contributed by atoms with E-state index in [1.54, 1.807) is 0 Å². The van der Waals surface area contributed by atoms with Gasteiger partial charge in [0, 0.05) is 4.47 Å². The summed E-state index contributed by atoms with van der Waals surface area (Å²) in [6, 6.07) is 6.33. The summed E-state index contributed by atoms with van der Waals surface area (Å²) >= 11 is 3.49. The molecule has 2 rings (SSSR count). The van der Waals surface area contributed by atoms with Gasteiger partial charge in [-0.3, -0.25) is 4.79 Å². The number of nitrogens with two attached hydrogens (primary N) is 1. The third-order valence-corrected chi connectivity index (χ3v) is 4.33. The SMILES string of the molecule is COC(=O)CC1(CN)CCc2cc(Br)ccc2C1. The van der Waals surface area contributed by atoms with Crippen molar-refractivity contribution in [3.05, 3.63) is 33.8 Å². The molecule has 3 nitrogen and oxygen atoms in total. The fourth-order valence-corrected chi connectivity index (χ4v) is 3.08. The van der Waals surface area contributed by atoms with Gasteiger partial charge in [-0.2, -0.15) is 0 Å². The highest BCUT2D eigenvalue weighted by Gasteiger charge is 2.35. The molecule has 1 aliphatic rings. The second-order valence-corrected chi connectivity index (χ2v) is 5.96. The summed E-state index contributed by atoms with van der Waals surface area (Å²) in [5, 5.41) is 0. The maximum absolute atomic E-state index is 11.5. The van der Waals surface area contributed by atoms with Crippen molar-refractivity contribution in [2.75, 3.05) is 13.7 Å². The molecule has 1 unspecified atom stereocenters. The van der Waals surface area contributed by atoms with Gasteiger partial charge in [0.2, 0.25) is 0 Å². The van der Waals surface area contributed by atoms with Crippen LogP contribution in [0.2, 0.25) is 0 Å². The summed E-state index contributed by atoms with van der Waals surface area (Å²) in [7, 11) is 1.43. The summed E-state index contributed by atoms with van der Waals surface area (Å²) in [5.41, 5.74) is 8.44. The summed E-state index contributed by atoms with van der Waals surface area (Å²) < 4.78 is 5.89. The van der Waals surface area contributed by atoms with Crippen LogP contribution >= 0.6 is 15.9 Å². The van der Waals surface area contributed by atoms with Crippen LogP contribution in [-0.2, 0) is 22.4 Å². The Morgan fingerprint density at radius 3 is 2.94 bits per heavy atom. The number of fused-ring (bicyclic) bond motifs is 1. The predicted octanol–water partition coefficient (Wildman–Crippen LogP) is 2.45. The molecule has 2 N–H and O–H groups in total. The van der Waals surface area contributed by atoms with Gasteiger partial charge >= 0.3 is 5.97 Å². The van der Waals surface area contributed by atoms with Crippen LogP contribution in [0.3, 0.4) is 0 Å². The van der Waals surface area contributed by atoms with Crippen molar-refractivity contribution >= 4 is 21.9 Å². The van der Waals surface area contributed by atoms with E-state index in [1.165, 1.54) is 18.2 Å². The van der Waals surface area contributed by atoms with E-state index in [2.05, 4.69) is 28.1 Å². The highest BCUT2D eigenvalue weighted by atomic mass is 79.9. The number of aryl methyl sites for hydroxylation is 1. The zero-order valence-electron chi connectivity index (χ0n) is 10.5. The molecule has 0 spiro atoms. The summed E-state index contributed by atoms with van der Waals surface area (Å²) in [6.45, 7) is 0.525. The molecule has 0 radical (unpaired) electrons. The average Bonchev–Trinajstić information content (AvgIpc) is 2.39. The van der Waals surface area contributed by atoms with Gasteiger partial charge in [0.15, 0.2) is 0 Å². The van der Waals surface area contributed by atoms with Crippen molar-refractivity contribution in [2.45, 2.75) is 25.7 Å². The first-order valence-electron chi connectivity index (χ1n) is 6.13. The molecule has 18 heavy (non-hydrogen) atoms. The minimum atomic E-state index is -0.166. The summed E-state index contributed by atoms with van der Waals surface area (Å²) in [4.78, 5) is 11.5. The molecule has 0 bridgehead atoms. The molecular weight excluding hydrogens is 294 g/mol. The fraction of sp³-hybridized carbons (Fsp3) is 0.500. The number of benzene rings is 1. The largest absolute Gasteiger partial charge is 0.469 e. The van der Waals surface area contributed by atoms with Crippen LogP contribution in [-0.4, -0.2) is 19.6 Å². The Balaban J connectivity index is 2.22. The molecule has 0 saturated heterocycles. The van der Waals surface area contributed by atoms with Crippen molar-refractivity contribution in [3.8, 4) is 0 Å². The number of hydrogen-bond donors (Lipinski definition) is 1. The van der Waals surface area contributed by atoms with Gasteiger partial charge in [-0.15, -0.1) is 0 Å². The Morgan fingerprint density at radius 1 is 1.50 bits per heavy atom. The van der Waals surface area contributed by atoms with Crippen molar-refractivity contribution in [1.29, 1.82) is 0 Å². The van der Waals surface area contributed by atoms with E-state index in [0.717, 1.165) is 23.7 Å². The third-order valence-electron chi connectivity index (χ3n) is 3.84. The summed E-state index contributed by atoms with van der Waals surface area (Å²) in [5.74, 6) is -0.166. The Labute approximate surface area is 116 Å². The predicted molar refractivity (Wildman–Crippen MR) is 74.3 cm³/mol. The number of carbonyl (C=O) groups is 1. The van der Waals surface area contributed by atoms with Gasteiger partial charge in [0.1, 0.15) is 0 Å². The molecule has 1 aromatic rings. The Hall–Kier alpha value is -0.870. The molecule has 1 aliphatic carbocycles. The van der Waals surface area contributed by atoms with E-state index in [1.807, 2.05) is 6.07 Å². The molecule has 0 amide bonds. The Morgan fingerprint density at radius 2 is 2.28 bits per heavy atom. The molecule has 1 atom stereocenters. The highest BCUT2D eigenvalue weighted by molar-refractivity contribution is 9.10. The van der Waals surface area contributed by atoms with Crippen molar-refractivity contribution in [3.63, 3.8) is 0 Å². The van der Waals surface area contributed by atoms with Gasteiger partial charge in [-0.1, -0.05) is 22.0 Å². The minimum absolute atomic E-state index is 0.131. The standard InChI is InChI=1S/C14H18BrNO2/c1-18-13(17)8-14(9-16)5-4-10-6-12(15)3-2-11(10)7-14/h2-3,6H,4-5,7-9,16H2,1H3. The van der Waals surface area contributed by atoms with Crippen LogP contribution in [0.25, 0.3) is 0 Å². The lowest BCUT2D eigenvalue weighted by atomic mass is 9.69. The molecule has 0 heterocycles. The fourth-order valence-electron chi connectivity index (χ4n) is 2.67. The number of halogens is 1. The average molecular weight is 312 g/mol. The van der Waals surface area contributed by atoms with E-state index >= 15 is 0 Å². The number of hydrogen-bond acceptors (Lipinski definition) is 3. The quantitative estimate of drug-likeness (QED) is 0.872. The van der Waals surface area contributed by atoms with Gasteiger partial charge in [0.05, 0.1) is 13.5 Å².